The first kappa shape index (κ1) is 54.3. The molecule has 0 aliphatic carbocycles. The van der Waals surface area contributed by atoms with E-state index in [4.69, 9.17) is 4.74 Å². The van der Waals surface area contributed by atoms with Crippen LogP contribution in [0.5, 0.6) is 0 Å². The topological polar surface area (TPSA) is 95.9 Å². The fraction of sp³-hybridized carbons (Fsp3) is 0.880. The summed E-state index contributed by atoms with van der Waals surface area (Å²) in [7, 11) is 0. The van der Waals surface area contributed by atoms with Crippen LogP contribution < -0.4 is 5.32 Å². The molecule has 0 aromatic heterocycles. The molecule has 3 N–H and O–H groups in total. The summed E-state index contributed by atoms with van der Waals surface area (Å²) in [6, 6.07) is -0.696. The van der Waals surface area contributed by atoms with Crippen LogP contribution in [0.1, 0.15) is 258 Å². The van der Waals surface area contributed by atoms with Crippen LogP contribution in [-0.2, 0) is 14.3 Å². The van der Waals surface area contributed by atoms with Gasteiger partial charge >= 0.3 is 5.97 Å². The fourth-order valence-electron chi connectivity index (χ4n) is 7.52. The molecule has 0 radical (unpaired) electrons. The monoisotopic (exact) mass is 790 g/mol. The van der Waals surface area contributed by atoms with Gasteiger partial charge in [0.25, 0.3) is 0 Å². The quantitative estimate of drug-likeness (QED) is 0.0324. The van der Waals surface area contributed by atoms with Gasteiger partial charge < -0.3 is 20.3 Å². The molecule has 1 amide bonds. The van der Waals surface area contributed by atoms with Crippen molar-refractivity contribution in [3.63, 3.8) is 0 Å². The maximum atomic E-state index is 13.1. The van der Waals surface area contributed by atoms with E-state index in [-0.39, 0.29) is 24.9 Å². The first-order chi connectivity index (χ1) is 27.5. The van der Waals surface area contributed by atoms with Crippen molar-refractivity contribution in [3.05, 3.63) is 24.3 Å². The number of carbonyl (C=O) groups is 2. The van der Waals surface area contributed by atoms with Gasteiger partial charge in [0.1, 0.15) is 6.10 Å². The van der Waals surface area contributed by atoms with Crippen LogP contribution in [0.3, 0.4) is 0 Å². The van der Waals surface area contributed by atoms with Gasteiger partial charge in [-0.25, -0.2) is 0 Å². The first-order valence-corrected chi connectivity index (χ1v) is 24.6. The van der Waals surface area contributed by atoms with Crippen molar-refractivity contribution >= 4 is 11.9 Å². The Kier molecular flexibility index (Phi) is 43.1. The number of rotatable bonds is 44. The van der Waals surface area contributed by atoms with Crippen LogP contribution in [-0.4, -0.2) is 46.9 Å². The first-order valence-electron chi connectivity index (χ1n) is 24.6. The highest BCUT2D eigenvalue weighted by atomic mass is 16.5. The Bertz CT molecular complexity index is 889. The fourth-order valence-corrected chi connectivity index (χ4v) is 7.52. The third kappa shape index (κ3) is 39.2. The van der Waals surface area contributed by atoms with E-state index in [0.717, 1.165) is 57.8 Å². The van der Waals surface area contributed by atoms with Crippen LogP contribution >= 0.6 is 0 Å². The van der Waals surface area contributed by atoms with Crippen LogP contribution in [0.15, 0.2) is 24.3 Å². The Morgan fingerprint density at radius 1 is 0.518 bits per heavy atom. The number of hydrogen-bond donors (Lipinski definition) is 3. The zero-order valence-electron chi connectivity index (χ0n) is 37.5. The molecule has 0 spiro atoms. The van der Waals surface area contributed by atoms with Gasteiger partial charge in [-0.3, -0.25) is 9.59 Å². The smallest absolute Gasteiger partial charge is 0.306 e. The average molecular weight is 790 g/mol. The van der Waals surface area contributed by atoms with Gasteiger partial charge in [-0.1, -0.05) is 212 Å². The Morgan fingerprint density at radius 2 is 0.911 bits per heavy atom. The molecule has 0 saturated carbocycles. The van der Waals surface area contributed by atoms with Crippen LogP contribution in [0.4, 0.5) is 0 Å². The lowest BCUT2D eigenvalue weighted by Gasteiger charge is -2.24. The number of esters is 1. The Morgan fingerprint density at radius 3 is 1.39 bits per heavy atom. The van der Waals surface area contributed by atoms with E-state index < -0.39 is 18.2 Å². The summed E-state index contributed by atoms with van der Waals surface area (Å²) >= 11 is 0. The maximum Gasteiger partial charge on any atom is 0.306 e. The molecular weight excluding hydrogens is 695 g/mol. The number of carbonyl (C=O) groups excluding carboxylic acids is 2. The highest BCUT2D eigenvalue weighted by molar-refractivity contribution is 5.77. The Labute approximate surface area is 348 Å². The largest absolute Gasteiger partial charge is 0.462 e. The lowest BCUT2D eigenvalue weighted by Crippen LogP contribution is -2.46. The van der Waals surface area contributed by atoms with E-state index in [2.05, 4.69) is 50.4 Å². The molecule has 0 saturated heterocycles. The SMILES string of the molecule is CCCCC/C=C\C/C=C\CCCCCCCCCC(=O)OC(CCCCCCCCCC)CC(=O)NC(CO)C(O)CCCCCCCCCCCCCC. The molecule has 0 heterocycles. The zero-order chi connectivity index (χ0) is 41.0. The van der Waals surface area contributed by atoms with Crippen molar-refractivity contribution in [2.45, 2.75) is 277 Å². The summed E-state index contributed by atoms with van der Waals surface area (Å²) in [6.07, 6.45) is 49.5. The lowest BCUT2D eigenvalue weighted by atomic mass is 10.0. The second-order valence-corrected chi connectivity index (χ2v) is 16.9. The molecule has 0 aromatic rings. The molecule has 56 heavy (non-hydrogen) atoms. The van der Waals surface area contributed by atoms with E-state index in [1.54, 1.807) is 0 Å². The normalized spacial score (nSPS) is 13.4. The van der Waals surface area contributed by atoms with Crippen molar-refractivity contribution < 1.29 is 24.5 Å². The predicted octanol–water partition coefficient (Wildman–Crippen LogP) is 14.3. The molecule has 6 heteroatoms. The van der Waals surface area contributed by atoms with Crippen LogP contribution in [0.2, 0.25) is 0 Å². The van der Waals surface area contributed by atoms with Crippen molar-refractivity contribution in [1.82, 2.24) is 5.32 Å². The second-order valence-electron chi connectivity index (χ2n) is 16.9. The van der Waals surface area contributed by atoms with E-state index in [1.807, 2.05) is 0 Å². The average Bonchev–Trinajstić information content (AvgIpc) is 3.19. The minimum atomic E-state index is -0.782. The number of ether oxygens (including phenoxy) is 1. The van der Waals surface area contributed by atoms with Gasteiger partial charge in [-0.05, 0) is 57.8 Å². The van der Waals surface area contributed by atoms with Crippen molar-refractivity contribution in [2.75, 3.05) is 6.61 Å². The minimum absolute atomic E-state index is 0.0784. The number of hydrogen-bond acceptors (Lipinski definition) is 5. The molecule has 0 fully saturated rings. The van der Waals surface area contributed by atoms with E-state index in [9.17, 15) is 19.8 Å². The second kappa shape index (κ2) is 44.4. The Hall–Kier alpha value is -1.66. The van der Waals surface area contributed by atoms with E-state index in [1.165, 1.54) is 154 Å². The molecule has 0 aliphatic rings. The van der Waals surface area contributed by atoms with Gasteiger partial charge in [-0.15, -0.1) is 0 Å². The third-order valence-electron chi connectivity index (χ3n) is 11.3. The standard InChI is InChI=1S/C50H95NO5/c1-4-7-10-13-16-19-21-23-24-25-26-27-29-31-34-37-40-43-50(55)56-46(41-38-35-32-18-15-12-9-6-3)44-49(54)51-47(45-52)48(53)42-39-36-33-30-28-22-20-17-14-11-8-5-2/h16,19,23-24,46-48,52-53H,4-15,17-18,20-22,25-45H2,1-3H3,(H,51,54)/b19-16-,24-23-. The number of unbranched alkanes of at least 4 members (excludes halogenated alkanes) is 28. The molecular formula is C50H95NO5. The van der Waals surface area contributed by atoms with Gasteiger partial charge in [0.2, 0.25) is 5.91 Å². The van der Waals surface area contributed by atoms with Crippen molar-refractivity contribution in [2.24, 2.45) is 0 Å². The zero-order valence-corrected chi connectivity index (χ0v) is 37.5. The molecule has 6 nitrogen and oxygen atoms in total. The molecule has 3 atom stereocenters. The highest BCUT2D eigenvalue weighted by Gasteiger charge is 2.24. The summed E-state index contributed by atoms with van der Waals surface area (Å²) in [5.74, 6) is -0.476. The molecule has 3 unspecified atom stereocenters. The van der Waals surface area contributed by atoms with E-state index in [0.29, 0.717) is 19.3 Å². The van der Waals surface area contributed by atoms with Crippen LogP contribution in [0, 0.1) is 0 Å². The summed E-state index contributed by atoms with van der Waals surface area (Å²) in [6.45, 7) is 6.44. The molecule has 0 bridgehead atoms. The summed E-state index contributed by atoms with van der Waals surface area (Å²) in [4.78, 5) is 26.0. The maximum absolute atomic E-state index is 13.1. The molecule has 0 aliphatic heterocycles. The van der Waals surface area contributed by atoms with Crippen molar-refractivity contribution in [3.8, 4) is 0 Å². The third-order valence-corrected chi connectivity index (χ3v) is 11.3. The lowest BCUT2D eigenvalue weighted by molar-refractivity contribution is -0.151. The summed E-state index contributed by atoms with van der Waals surface area (Å²) in [5, 5.41) is 23.7. The summed E-state index contributed by atoms with van der Waals surface area (Å²) in [5.41, 5.74) is 0. The van der Waals surface area contributed by atoms with Gasteiger partial charge in [0, 0.05) is 6.42 Å². The van der Waals surface area contributed by atoms with Gasteiger partial charge in [0.15, 0.2) is 0 Å². The number of aliphatic hydroxyl groups is 2. The van der Waals surface area contributed by atoms with Gasteiger partial charge in [0.05, 0.1) is 25.2 Å². The summed E-state index contributed by atoms with van der Waals surface area (Å²) < 4.78 is 5.90. The molecule has 330 valence electrons. The predicted molar refractivity (Wildman–Crippen MR) is 241 cm³/mol. The highest BCUT2D eigenvalue weighted by Crippen LogP contribution is 2.18. The Balaban J connectivity index is 4.43. The van der Waals surface area contributed by atoms with Gasteiger partial charge in [-0.2, -0.15) is 0 Å². The van der Waals surface area contributed by atoms with Crippen molar-refractivity contribution in [1.29, 1.82) is 0 Å². The van der Waals surface area contributed by atoms with Crippen LogP contribution in [0.25, 0.3) is 0 Å². The molecule has 0 aromatic carbocycles. The number of amides is 1. The minimum Gasteiger partial charge on any atom is -0.462 e. The number of aliphatic hydroxyl groups excluding tert-OH is 2. The number of allylic oxidation sites excluding steroid dienone is 4. The van der Waals surface area contributed by atoms with E-state index >= 15 is 0 Å². The number of nitrogens with one attached hydrogen (secondary N) is 1. The molecule has 0 rings (SSSR count).